The number of benzene rings is 1. The Morgan fingerprint density at radius 2 is 2.15 bits per heavy atom. The fourth-order valence-corrected chi connectivity index (χ4v) is 2.16. The van der Waals surface area contributed by atoms with Gasteiger partial charge in [-0.25, -0.2) is 8.91 Å². The molecular weight excluding hydrogens is 255 g/mol. The van der Waals surface area contributed by atoms with Gasteiger partial charge in [0.2, 0.25) is 5.95 Å². The molecule has 0 spiro atoms. The van der Waals surface area contributed by atoms with Crippen molar-refractivity contribution >= 4 is 11.6 Å². The van der Waals surface area contributed by atoms with Gasteiger partial charge in [-0.3, -0.25) is 0 Å². The smallest absolute Gasteiger partial charge is 0.243 e. The minimum atomic E-state index is -0.193. The zero-order valence-electron chi connectivity index (χ0n) is 11.2. The molecular formula is C15H15FN4. The van der Waals surface area contributed by atoms with Crippen LogP contribution in [-0.4, -0.2) is 21.1 Å². The molecule has 2 heterocycles. The summed E-state index contributed by atoms with van der Waals surface area (Å²) in [4.78, 5) is 4.36. The van der Waals surface area contributed by atoms with Crippen LogP contribution in [0.1, 0.15) is 11.1 Å². The van der Waals surface area contributed by atoms with Crippen molar-refractivity contribution in [3.8, 4) is 0 Å². The number of halogens is 1. The van der Waals surface area contributed by atoms with Crippen LogP contribution in [-0.2, 0) is 6.42 Å². The van der Waals surface area contributed by atoms with Gasteiger partial charge in [0.15, 0.2) is 5.65 Å². The topological polar surface area (TPSA) is 42.2 Å². The van der Waals surface area contributed by atoms with Crippen LogP contribution in [0.5, 0.6) is 0 Å². The summed E-state index contributed by atoms with van der Waals surface area (Å²) >= 11 is 0. The van der Waals surface area contributed by atoms with Gasteiger partial charge in [-0.2, -0.15) is 4.98 Å². The predicted molar refractivity (Wildman–Crippen MR) is 76.3 cm³/mol. The molecule has 0 unspecified atom stereocenters. The molecule has 3 aromatic rings. The van der Waals surface area contributed by atoms with Crippen LogP contribution in [0.4, 0.5) is 10.3 Å². The molecule has 1 aromatic carbocycles. The first-order chi connectivity index (χ1) is 9.72. The van der Waals surface area contributed by atoms with Crippen molar-refractivity contribution in [1.29, 1.82) is 0 Å². The van der Waals surface area contributed by atoms with Gasteiger partial charge in [-0.1, -0.05) is 12.1 Å². The number of aromatic nitrogens is 3. The van der Waals surface area contributed by atoms with E-state index in [1.54, 1.807) is 10.6 Å². The van der Waals surface area contributed by atoms with E-state index in [4.69, 9.17) is 0 Å². The van der Waals surface area contributed by atoms with E-state index in [2.05, 4.69) is 15.4 Å². The Bertz CT molecular complexity index is 703. The second kappa shape index (κ2) is 5.28. The molecule has 0 saturated heterocycles. The van der Waals surface area contributed by atoms with Crippen LogP contribution < -0.4 is 5.32 Å². The van der Waals surface area contributed by atoms with E-state index in [9.17, 15) is 4.39 Å². The van der Waals surface area contributed by atoms with Gasteiger partial charge in [0, 0.05) is 12.7 Å². The third-order valence-corrected chi connectivity index (χ3v) is 3.22. The molecule has 0 bridgehead atoms. The highest BCUT2D eigenvalue weighted by Crippen LogP contribution is 2.11. The Hall–Kier alpha value is -2.43. The minimum absolute atomic E-state index is 0.193. The molecule has 2 aromatic heterocycles. The number of nitrogens with zero attached hydrogens (tertiary/aromatic N) is 3. The molecule has 3 rings (SSSR count). The Labute approximate surface area is 116 Å². The number of rotatable bonds is 4. The Morgan fingerprint density at radius 3 is 2.95 bits per heavy atom. The predicted octanol–water partition coefficient (Wildman–Crippen LogP) is 2.83. The van der Waals surface area contributed by atoms with E-state index in [0.29, 0.717) is 12.5 Å². The van der Waals surface area contributed by atoms with E-state index in [1.165, 1.54) is 6.07 Å². The van der Waals surface area contributed by atoms with E-state index < -0.39 is 0 Å². The third-order valence-electron chi connectivity index (χ3n) is 3.22. The molecule has 0 aliphatic rings. The minimum Gasteiger partial charge on any atom is -0.353 e. The molecule has 102 valence electrons. The molecule has 0 fully saturated rings. The summed E-state index contributed by atoms with van der Waals surface area (Å²) in [6, 6.07) is 10.6. The lowest BCUT2D eigenvalue weighted by Gasteiger charge is -2.06. The van der Waals surface area contributed by atoms with E-state index in [-0.39, 0.29) is 5.82 Å². The average Bonchev–Trinajstić information content (AvgIpc) is 2.84. The summed E-state index contributed by atoms with van der Waals surface area (Å²) in [6.45, 7) is 2.63. The maximum absolute atomic E-state index is 13.0. The molecule has 1 N–H and O–H groups in total. The molecule has 0 atom stereocenters. The molecule has 0 aliphatic carbocycles. The van der Waals surface area contributed by atoms with Gasteiger partial charge in [0.1, 0.15) is 5.82 Å². The highest BCUT2D eigenvalue weighted by molar-refractivity contribution is 5.42. The number of nitrogens with one attached hydrogen (secondary N) is 1. The quantitative estimate of drug-likeness (QED) is 0.792. The first-order valence-electron chi connectivity index (χ1n) is 6.53. The molecule has 0 radical (unpaired) electrons. The SMILES string of the molecule is Cc1cc(F)ccc1CCNc1nc2ccccn2n1. The molecule has 0 amide bonds. The second-order valence-electron chi connectivity index (χ2n) is 4.69. The van der Waals surface area contributed by atoms with Crippen molar-refractivity contribution < 1.29 is 4.39 Å². The lowest BCUT2D eigenvalue weighted by Crippen LogP contribution is -2.07. The van der Waals surface area contributed by atoms with Crippen molar-refractivity contribution in [1.82, 2.24) is 14.6 Å². The number of pyridine rings is 1. The van der Waals surface area contributed by atoms with Gasteiger partial charge in [-0.05, 0) is 48.7 Å². The van der Waals surface area contributed by atoms with Gasteiger partial charge in [-0.15, -0.1) is 5.10 Å². The fraction of sp³-hybridized carbons (Fsp3) is 0.200. The summed E-state index contributed by atoms with van der Waals surface area (Å²) in [7, 11) is 0. The van der Waals surface area contributed by atoms with E-state index in [0.717, 1.165) is 23.2 Å². The van der Waals surface area contributed by atoms with Gasteiger partial charge < -0.3 is 5.32 Å². The normalized spacial score (nSPS) is 10.9. The van der Waals surface area contributed by atoms with Crippen LogP contribution in [0.15, 0.2) is 42.6 Å². The Balaban J connectivity index is 1.64. The molecule has 5 heteroatoms. The number of aryl methyl sites for hydroxylation is 1. The first kappa shape index (κ1) is 12.6. The van der Waals surface area contributed by atoms with Crippen molar-refractivity contribution in [2.45, 2.75) is 13.3 Å². The Morgan fingerprint density at radius 1 is 1.25 bits per heavy atom. The van der Waals surface area contributed by atoms with Crippen LogP contribution in [0.25, 0.3) is 5.65 Å². The van der Waals surface area contributed by atoms with Crippen LogP contribution in [0.2, 0.25) is 0 Å². The summed E-state index contributed by atoms with van der Waals surface area (Å²) in [6.07, 6.45) is 2.67. The highest BCUT2D eigenvalue weighted by atomic mass is 19.1. The first-order valence-corrected chi connectivity index (χ1v) is 6.53. The van der Waals surface area contributed by atoms with Gasteiger partial charge in [0.25, 0.3) is 0 Å². The third kappa shape index (κ3) is 2.61. The maximum Gasteiger partial charge on any atom is 0.243 e. The zero-order valence-corrected chi connectivity index (χ0v) is 11.2. The van der Waals surface area contributed by atoms with Crippen molar-refractivity contribution in [3.63, 3.8) is 0 Å². The fourth-order valence-electron chi connectivity index (χ4n) is 2.16. The summed E-state index contributed by atoms with van der Waals surface area (Å²) in [5.41, 5.74) is 2.91. The van der Waals surface area contributed by atoms with Crippen molar-refractivity contribution in [2.75, 3.05) is 11.9 Å². The molecule has 20 heavy (non-hydrogen) atoms. The highest BCUT2D eigenvalue weighted by Gasteiger charge is 2.03. The monoisotopic (exact) mass is 270 g/mol. The number of fused-ring (bicyclic) bond motifs is 1. The summed E-state index contributed by atoms with van der Waals surface area (Å²) < 4.78 is 14.7. The average molecular weight is 270 g/mol. The second-order valence-corrected chi connectivity index (χ2v) is 4.69. The summed E-state index contributed by atoms with van der Waals surface area (Å²) in [5, 5.41) is 7.50. The van der Waals surface area contributed by atoms with Crippen LogP contribution in [0, 0.1) is 12.7 Å². The molecule has 0 aliphatic heterocycles. The van der Waals surface area contributed by atoms with Gasteiger partial charge >= 0.3 is 0 Å². The van der Waals surface area contributed by atoms with E-state index in [1.807, 2.05) is 37.4 Å². The van der Waals surface area contributed by atoms with Crippen LogP contribution in [0.3, 0.4) is 0 Å². The lowest BCUT2D eigenvalue weighted by atomic mass is 10.1. The zero-order chi connectivity index (χ0) is 13.9. The molecule has 0 saturated carbocycles. The summed E-state index contributed by atoms with van der Waals surface area (Å²) in [5.74, 6) is 0.414. The van der Waals surface area contributed by atoms with Crippen molar-refractivity contribution in [2.24, 2.45) is 0 Å². The Kier molecular flexibility index (Phi) is 3.33. The number of hydrogen-bond donors (Lipinski definition) is 1. The van der Waals surface area contributed by atoms with Gasteiger partial charge in [0.05, 0.1) is 0 Å². The lowest BCUT2D eigenvalue weighted by molar-refractivity contribution is 0.625. The van der Waals surface area contributed by atoms with Crippen LogP contribution >= 0.6 is 0 Å². The van der Waals surface area contributed by atoms with E-state index >= 15 is 0 Å². The number of hydrogen-bond acceptors (Lipinski definition) is 3. The standard InChI is InChI=1S/C15H15FN4/c1-11-10-13(16)6-5-12(11)7-8-17-15-18-14-4-2-3-9-20(14)19-15/h2-6,9-10H,7-8H2,1H3,(H,17,19). The number of anilines is 1. The largest absolute Gasteiger partial charge is 0.353 e. The maximum atomic E-state index is 13.0. The van der Waals surface area contributed by atoms with Crippen molar-refractivity contribution in [3.05, 3.63) is 59.5 Å². The molecule has 4 nitrogen and oxygen atoms in total.